The Bertz CT molecular complexity index is 430. The van der Waals surface area contributed by atoms with E-state index in [0.717, 1.165) is 10.0 Å². The van der Waals surface area contributed by atoms with Crippen molar-refractivity contribution in [2.24, 2.45) is 0 Å². The third kappa shape index (κ3) is 2.18. The number of esters is 1. The van der Waals surface area contributed by atoms with Gasteiger partial charge in [-0.3, -0.25) is 5.41 Å². The maximum absolute atomic E-state index is 11.2. The lowest BCUT2D eigenvalue weighted by molar-refractivity contribution is -0.132. The number of anilines is 1. The van der Waals surface area contributed by atoms with Crippen LogP contribution >= 0.6 is 15.9 Å². The van der Waals surface area contributed by atoms with Crippen LogP contribution in [0.25, 0.3) is 0 Å². The molecule has 0 heterocycles. The molecule has 0 unspecified atom stereocenters. The predicted molar refractivity (Wildman–Crippen MR) is 62.1 cm³/mol. The van der Waals surface area contributed by atoms with E-state index in [1.807, 2.05) is 0 Å². The van der Waals surface area contributed by atoms with Crippen molar-refractivity contribution < 1.29 is 9.53 Å². The van der Waals surface area contributed by atoms with Crippen LogP contribution in [0.3, 0.4) is 0 Å². The lowest BCUT2D eigenvalue weighted by Gasteiger charge is -2.10. The van der Waals surface area contributed by atoms with Crippen LogP contribution in [0.2, 0.25) is 0 Å². The molecule has 0 amide bonds. The largest absolute Gasteiger partial charge is 0.464 e. The van der Waals surface area contributed by atoms with Gasteiger partial charge in [0.05, 0.1) is 7.11 Å². The Labute approximate surface area is 96.1 Å². The van der Waals surface area contributed by atoms with Crippen molar-refractivity contribution >= 4 is 33.3 Å². The molecule has 4 nitrogen and oxygen atoms in total. The molecule has 0 saturated heterocycles. The molecule has 3 N–H and O–H groups in total. The summed E-state index contributed by atoms with van der Waals surface area (Å²) in [5, 5.41) is 7.64. The summed E-state index contributed by atoms with van der Waals surface area (Å²) in [5.41, 5.74) is 7.05. The van der Waals surface area contributed by atoms with Gasteiger partial charge in [-0.25, -0.2) is 4.79 Å². The fourth-order valence-corrected chi connectivity index (χ4v) is 1.57. The average molecular weight is 271 g/mol. The molecule has 0 bridgehead atoms. The molecule has 0 radical (unpaired) electrons. The number of carbonyl (C=O) groups excluding carboxylic acids is 1. The van der Waals surface area contributed by atoms with Gasteiger partial charge in [0.2, 0.25) is 0 Å². The summed E-state index contributed by atoms with van der Waals surface area (Å²) in [4.78, 5) is 11.2. The SMILES string of the molecule is COC(=O)C(=N)c1c(N)ccc(Br)c1C. The number of ether oxygens (including phenoxy) is 1. The van der Waals surface area contributed by atoms with Gasteiger partial charge in [-0.05, 0) is 24.6 Å². The van der Waals surface area contributed by atoms with E-state index in [4.69, 9.17) is 11.1 Å². The topological polar surface area (TPSA) is 76.2 Å². The highest BCUT2D eigenvalue weighted by Gasteiger charge is 2.18. The van der Waals surface area contributed by atoms with Crippen LogP contribution in [0.4, 0.5) is 5.69 Å². The Morgan fingerprint density at radius 3 is 2.67 bits per heavy atom. The highest BCUT2D eigenvalue weighted by molar-refractivity contribution is 9.10. The molecule has 1 aromatic rings. The van der Waals surface area contributed by atoms with Gasteiger partial charge in [-0.15, -0.1) is 0 Å². The number of hydrogen-bond acceptors (Lipinski definition) is 4. The Kier molecular flexibility index (Phi) is 3.47. The molecule has 0 saturated carbocycles. The number of halogens is 1. The quantitative estimate of drug-likeness (QED) is 0.490. The number of nitrogens with two attached hydrogens (primary N) is 1. The van der Waals surface area contributed by atoms with Crippen LogP contribution in [0.5, 0.6) is 0 Å². The molecule has 0 aromatic heterocycles. The summed E-state index contributed by atoms with van der Waals surface area (Å²) in [6, 6.07) is 3.42. The van der Waals surface area contributed by atoms with Gasteiger partial charge in [0.25, 0.3) is 0 Å². The molecule has 0 fully saturated rings. The van der Waals surface area contributed by atoms with Crippen molar-refractivity contribution in [3.63, 3.8) is 0 Å². The molecular formula is C10H11BrN2O2. The van der Waals surface area contributed by atoms with Crippen LogP contribution in [-0.4, -0.2) is 18.8 Å². The number of carbonyl (C=O) groups is 1. The fraction of sp³-hybridized carbons (Fsp3) is 0.200. The Morgan fingerprint density at radius 2 is 2.13 bits per heavy atom. The molecule has 5 heteroatoms. The smallest absolute Gasteiger partial charge is 0.356 e. The first-order valence-corrected chi connectivity index (χ1v) is 5.00. The number of benzene rings is 1. The number of nitrogens with one attached hydrogen (secondary N) is 1. The van der Waals surface area contributed by atoms with Gasteiger partial charge >= 0.3 is 5.97 Å². The Morgan fingerprint density at radius 1 is 1.53 bits per heavy atom. The van der Waals surface area contributed by atoms with Gasteiger partial charge in [0.15, 0.2) is 0 Å². The number of hydrogen-bond donors (Lipinski definition) is 2. The molecule has 1 aromatic carbocycles. The Hall–Kier alpha value is -1.36. The molecule has 0 aliphatic heterocycles. The molecule has 15 heavy (non-hydrogen) atoms. The maximum Gasteiger partial charge on any atom is 0.356 e. The molecule has 80 valence electrons. The highest BCUT2D eigenvalue weighted by atomic mass is 79.9. The summed E-state index contributed by atoms with van der Waals surface area (Å²) in [5.74, 6) is -0.692. The van der Waals surface area contributed by atoms with Gasteiger partial charge in [-0.2, -0.15) is 0 Å². The van der Waals surface area contributed by atoms with Gasteiger partial charge in [0.1, 0.15) is 5.71 Å². The third-order valence-corrected chi connectivity index (χ3v) is 2.93. The first kappa shape index (κ1) is 11.7. The monoisotopic (exact) mass is 270 g/mol. The molecule has 0 spiro atoms. The first-order chi connectivity index (χ1) is 6.99. The van der Waals surface area contributed by atoms with E-state index in [0.29, 0.717) is 11.3 Å². The minimum Gasteiger partial charge on any atom is -0.464 e. The highest BCUT2D eigenvalue weighted by Crippen LogP contribution is 2.25. The average Bonchev–Trinajstić information content (AvgIpc) is 2.22. The summed E-state index contributed by atoms with van der Waals surface area (Å²) >= 11 is 3.32. The van der Waals surface area contributed by atoms with Crippen LogP contribution in [0.15, 0.2) is 16.6 Å². The second-order valence-electron chi connectivity index (χ2n) is 3.00. The molecule has 1 rings (SSSR count). The van der Waals surface area contributed by atoms with Crippen molar-refractivity contribution in [3.8, 4) is 0 Å². The fourth-order valence-electron chi connectivity index (χ4n) is 1.24. The van der Waals surface area contributed by atoms with E-state index in [-0.39, 0.29) is 5.71 Å². The second kappa shape index (κ2) is 4.44. The van der Waals surface area contributed by atoms with Crippen LogP contribution in [0, 0.1) is 12.3 Å². The van der Waals surface area contributed by atoms with Crippen molar-refractivity contribution in [1.29, 1.82) is 5.41 Å². The van der Waals surface area contributed by atoms with E-state index in [2.05, 4.69) is 20.7 Å². The van der Waals surface area contributed by atoms with Crippen LogP contribution in [0.1, 0.15) is 11.1 Å². The summed E-state index contributed by atoms with van der Waals surface area (Å²) in [6.45, 7) is 1.78. The minimum atomic E-state index is -0.692. The van der Waals surface area contributed by atoms with Crippen molar-refractivity contribution in [2.75, 3.05) is 12.8 Å². The lowest BCUT2D eigenvalue weighted by atomic mass is 10.0. The molecule has 0 aliphatic rings. The molecular weight excluding hydrogens is 260 g/mol. The van der Waals surface area contributed by atoms with Crippen molar-refractivity contribution in [2.45, 2.75) is 6.92 Å². The van der Waals surface area contributed by atoms with Gasteiger partial charge < -0.3 is 10.5 Å². The third-order valence-electron chi connectivity index (χ3n) is 2.07. The summed E-state index contributed by atoms with van der Waals surface area (Å²) < 4.78 is 5.29. The van der Waals surface area contributed by atoms with Crippen LogP contribution < -0.4 is 5.73 Å². The zero-order valence-corrected chi connectivity index (χ0v) is 10.0. The van der Waals surface area contributed by atoms with Crippen molar-refractivity contribution in [1.82, 2.24) is 0 Å². The van der Waals surface area contributed by atoms with Gasteiger partial charge in [0, 0.05) is 15.7 Å². The number of nitrogen functional groups attached to an aromatic ring is 1. The minimum absolute atomic E-state index is 0.228. The zero-order chi connectivity index (χ0) is 11.6. The Balaban J connectivity index is 3.31. The normalized spacial score (nSPS) is 9.80. The number of rotatable bonds is 2. The molecule has 0 atom stereocenters. The molecule has 0 aliphatic carbocycles. The van der Waals surface area contributed by atoms with E-state index < -0.39 is 5.97 Å². The number of methoxy groups -OCH3 is 1. The van der Waals surface area contributed by atoms with Gasteiger partial charge in [-0.1, -0.05) is 15.9 Å². The van der Waals surface area contributed by atoms with E-state index >= 15 is 0 Å². The van der Waals surface area contributed by atoms with E-state index in [1.165, 1.54) is 7.11 Å². The maximum atomic E-state index is 11.2. The first-order valence-electron chi connectivity index (χ1n) is 4.20. The predicted octanol–water partition coefficient (Wildman–Crippen LogP) is 1.88. The summed E-state index contributed by atoms with van der Waals surface area (Å²) in [6.07, 6.45) is 0. The standard InChI is InChI=1S/C10H11BrN2O2/c1-5-6(11)3-4-7(12)8(5)9(13)10(14)15-2/h3-4,13H,12H2,1-2H3. The van der Waals surface area contributed by atoms with E-state index in [1.54, 1.807) is 19.1 Å². The zero-order valence-electron chi connectivity index (χ0n) is 8.43. The summed E-state index contributed by atoms with van der Waals surface area (Å²) in [7, 11) is 1.24. The van der Waals surface area contributed by atoms with E-state index in [9.17, 15) is 4.79 Å². The lowest BCUT2D eigenvalue weighted by Crippen LogP contribution is -2.18. The van der Waals surface area contributed by atoms with Crippen molar-refractivity contribution in [3.05, 3.63) is 27.7 Å². The van der Waals surface area contributed by atoms with Crippen LogP contribution in [-0.2, 0) is 9.53 Å². The second-order valence-corrected chi connectivity index (χ2v) is 3.86.